The molecular weight excluding hydrogens is 326 g/mol. The summed E-state index contributed by atoms with van der Waals surface area (Å²) in [5.74, 6) is 1.17. The van der Waals surface area contributed by atoms with Crippen LogP contribution < -0.4 is 5.32 Å². The van der Waals surface area contributed by atoms with Crippen LogP contribution in [0.15, 0.2) is 29.4 Å². The van der Waals surface area contributed by atoms with E-state index in [0.717, 1.165) is 45.3 Å². The topological polar surface area (TPSA) is 71.7 Å². The van der Waals surface area contributed by atoms with Gasteiger partial charge in [0.15, 0.2) is 0 Å². The first kappa shape index (κ1) is 17.3. The molecule has 26 heavy (non-hydrogen) atoms. The zero-order valence-corrected chi connectivity index (χ0v) is 15.2. The highest BCUT2D eigenvalue weighted by atomic mass is 16.2. The van der Waals surface area contributed by atoms with Crippen molar-refractivity contribution in [2.45, 2.75) is 44.2 Å². The quantitative estimate of drug-likeness (QED) is 0.816. The molecule has 1 N–H and O–H groups in total. The van der Waals surface area contributed by atoms with Crippen LogP contribution in [0.1, 0.15) is 32.1 Å². The lowest BCUT2D eigenvalue weighted by molar-refractivity contribution is -0.130. The monoisotopic (exact) mass is 353 g/mol. The van der Waals surface area contributed by atoms with Crippen molar-refractivity contribution in [1.29, 1.82) is 5.26 Å². The predicted octanol–water partition coefficient (Wildman–Crippen LogP) is 1.67. The van der Waals surface area contributed by atoms with Gasteiger partial charge in [0.05, 0.1) is 18.3 Å². The fraction of sp³-hybridized carbons (Fsp3) is 0.650. The maximum Gasteiger partial charge on any atom is 0.237 e. The second-order valence-corrected chi connectivity index (χ2v) is 7.88. The Hall–Kier alpha value is -2.13. The van der Waals surface area contributed by atoms with Crippen LogP contribution in [0.5, 0.6) is 0 Å². The van der Waals surface area contributed by atoms with Gasteiger partial charge < -0.3 is 10.2 Å². The number of amides is 1. The molecule has 0 radical (unpaired) electrons. The van der Waals surface area contributed by atoms with Gasteiger partial charge >= 0.3 is 0 Å². The number of fused-ring (bicyclic) bond motifs is 1. The summed E-state index contributed by atoms with van der Waals surface area (Å²) < 4.78 is 0. The molecule has 4 aliphatic rings. The van der Waals surface area contributed by atoms with Crippen LogP contribution in [0.25, 0.3) is 0 Å². The Morgan fingerprint density at radius 3 is 3.12 bits per heavy atom. The highest BCUT2D eigenvalue weighted by Crippen LogP contribution is 2.29. The lowest BCUT2D eigenvalue weighted by Gasteiger charge is -2.22. The van der Waals surface area contributed by atoms with Crippen molar-refractivity contribution in [2.75, 3.05) is 26.2 Å². The minimum atomic E-state index is -0.221. The Balaban J connectivity index is 1.20. The minimum Gasteiger partial charge on any atom is -0.326 e. The molecule has 0 bridgehead atoms. The Morgan fingerprint density at radius 1 is 1.35 bits per heavy atom. The number of rotatable bonds is 5. The normalized spacial score (nSPS) is 32.7. The second kappa shape index (κ2) is 7.63. The first-order valence-electron chi connectivity index (χ1n) is 9.83. The van der Waals surface area contributed by atoms with Gasteiger partial charge in [0.1, 0.15) is 6.04 Å². The van der Waals surface area contributed by atoms with Crippen molar-refractivity contribution in [3.63, 3.8) is 0 Å². The number of nitrogens with zero attached hydrogens (tertiary/aromatic N) is 4. The van der Waals surface area contributed by atoms with Gasteiger partial charge in [0.2, 0.25) is 5.91 Å². The first-order valence-corrected chi connectivity index (χ1v) is 9.83. The van der Waals surface area contributed by atoms with Gasteiger partial charge in [-0.2, -0.15) is 10.4 Å². The number of nitrogens with one attached hydrogen (secondary N) is 1. The van der Waals surface area contributed by atoms with Gasteiger partial charge in [-0.15, -0.1) is 0 Å². The van der Waals surface area contributed by atoms with Gasteiger partial charge in [-0.3, -0.25) is 9.80 Å². The molecule has 0 spiro atoms. The van der Waals surface area contributed by atoms with Crippen LogP contribution in [-0.4, -0.2) is 59.8 Å². The fourth-order valence-electron chi connectivity index (χ4n) is 4.64. The van der Waals surface area contributed by atoms with Crippen molar-refractivity contribution < 1.29 is 4.79 Å². The molecule has 1 unspecified atom stereocenters. The van der Waals surface area contributed by atoms with E-state index < -0.39 is 0 Å². The fourth-order valence-corrected chi connectivity index (χ4v) is 4.64. The lowest BCUT2D eigenvalue weighted by atomic mass is 9.99. The molecule has 6 heteroatoms. The number of allylic oxidation sites excluding steroid dienone is 3. The highest BCUT2D eigenvalue weighted by Gasteiger charge is 2.32. The molecule has 0 aromatic carbocycles. The van der Waals surface area contributed by atoms with Crippen LogP contribution in [0.3, 0.4) is 0 Å². The van der Waals surface area contributed by atoms with E-state index in [9.17, 15) is 4.79 Å². The molecule has 1 saturated heterocycles. The number of hydrazone groups is 1. The molecule has 138 valence electrons. The third kappa shape index (κ3) is 3.68. The van der Waals surface area contributed by atoms with E-state index in [1.54, 1.807) is 4.90 Å². The molecule has 1 saturated carbocycles. The summed E-state index contributed by atoms with van der Waals surface area (Å²) in [6.07, 6.45) is 13.7. The zero-order valence-electron chi connectivity index (χ0n) is 15.2. The molecule has 4 atom stereocenters. The van der Waals surface area contributed by atoms with Crippen molar-refractivity contribution >= 4 is 11.6 Å². The van der Waals surface area contributed by atoms with Crippen molar-refractivity contribution in [2.24, 2.45) is 16.9 Å². The standard InChI is InChI=1S/C20H27N5O/c21-11-18-5-3-9-25(18)20(26)12-22-17-8-7-15(10-17)13-24-14-16-4-1-2-6-19(16)23-24/h1-2,4,6,15-18,22H,3,5,7-10,12-14H2/t15-,16?,17+,18+/m1/s1. The maximum absolute atomic E-state index is 12.3. The molecule has 2 heterocycles. The van der Waals surface area contributed by atoms with Gasteiger partial charge in [-0.25, -0.2) is 0 Å². The Kier molecular flexibility index (Phi) is 5.07. The molecule has 2 aliphatic heterocycles. The van der Waals surface area contributed by atoms with Crippen LogP contribution in [0, 0.1) is 23.2 Å². The molecule has 2 aliphatic carbocycles. The summed E-state index contributed by atoms with van der Waals surface area (Å²) in [4.78, 5) is 14.1. The van der Waals surface area contributed by atoms with E-state index in [1.807, 2.05) is 0 Å². The third-order valence-electron chi connectivity index (χ3n) is 6.04. The molecule has 2 fully saturated rings. The second-order valence-electron chi connectivity index (χ2n) is 7.88. The van der Waals surface area contributed by atoms with E-state index >= 15 is 0 Å². The largest absolute Gasteiger partial charge is 0.326 e. The summed E-state index contributed by atoms with van der Waals surface area (Å²) in [6, 6.07) is 2.43. The molecule has 1 amide bonds. The minimum absolute atomic E-state index is 0.0751. The summed E-state index contributed by atoms with van der Waals surface area (Å²) in [7, 11) is 0. The third-order valence-corrected chi connectivity index (χ3v) is 6.04. The molecular formula is C20H27N5O. The van der Waals surface area contributed by atoms with E-state index in [2.05, 4.69) is 40.7 Å². The van der Waals surface area contributed by atoms with E-state index in [4.69, 9.17) is 10.4 Å². The van der Waals surface area contributed by atoms with E-state index in [-0.39, 0.29) is 11.9 Å². The Bertz CT molecular complexity index is 676. The van der Waals surface area contributed by atoms with Crippen molar-refractivity contribution in [3.8, 4) is 6.07 Å². The first-order chi connectivity index (χ1) is 12.7. The van der Waals surface area contributed by atoms with Crippen LogP contribution >= 0.6 is 0 Å². The average molecular weight is 353 g/mol. The summed E-state index contributed by atoms with van der Waals surface area (Å²) >= 11 is 0. The average Bonchev–Trinajstić information content (AvgIpc) is 3.38. The number of hydrogen-bond donors (Lipinski definition) is 1. The van der Waals surface area contributed by atoms with E-state index in [0.29, 0.717) is 24.4 Å². The van der Waals surface area contributed by atoms with Crippen LogP contribution in [0.4, 0.5) is 0 Å². The number of nitriles is 1. The van der Waals surface area contributed by atoms with Crippen LogP contribution in [-0.2, 0) is 4.79 Å². The Labute approximate surface area is 155 Å². The van der Waals surface area contributed by atoms with Crippen LogP contribution in [0.2, 0.25) is 0 Å². The Morgan fingerprint density at radius 2 is 2.27 bits per heavy atom. The summed E-state index contributed by atoms with van der Waals surface area (Å²) in [6.45, 7) is 3.09. The summed E-state index contributed by atoms with van der Waals surface area (Å²) in [5.41, 5.74) is 1.18. The molecule has 4 rings (SSSR count). The molecule has 0 aromatic rings. The lowest BCUT2D eigenvalue weighted by Crippen LogP contribution is -2.43. The van der Waals surface area contributed by atoms with Gasteiger partial charge in [-0.05, 0) is 44.1 Å². The van der Waals surface area contributed by atoms with Gasteiger partial charge in [-0.1, -0.05) is 18.2 Å². The maximum atomic E-state index is 12.3. The smallest absolute Gasteiger partial charge is 0.237 e. The van der Waals surface area contributed by atoms with Gasteiger partial charge in [0.25, 0.3) is 0 Å². The predicted molar refractivity (Wildman–Crippen MR) is 100 cm³/mol. The van der Waals surface area contributed by atoms with Gasteiger partial charge in [0, 0.05) is 31.6 Å². The van der Waals surface area contributed by atoms with Crippen molar-refractivity contribution in [1.82, 2.24) is 15.2 Å². The SMILES string of the molecule is N#C[C@@H]1CCCN1C(=O)CN[C@H]1CC[C@@H](CN2CC3C=CC=CC3=N2)C1. The van der Waals surface area contributed by atoms with E-state index in [1.165, 1.54) is 12.1 Å². The number of likely N-dealkylation sites (tertiary alicyclic amines) is 1. The molecule has 6 nitrogen and oxygen atoms in total. The van der Waals surface area contributed by atoms with Crippen molar-refractivity contribution in [3.05, 3.63) is 24.3 Å². The molecule has 0 aromatic heterocycles. The highest BCUT2D eigenvalue weighted by molar-refractivity contribution is 6.00. The number of hydrogen-bond acceptors (Lipinski definition) is 5. The zero-order chi connectivity index (χ0) is 17.9. The number of carbonyl (C=O) groups excluding carboxylic acids is 1. The summed E-state index contributed by atoms with van der Waals surface area (Å²) in [5, 5.41) is 19.5. The number of carbonyl (C=O) groups is 1.